The molecule has 0 bridgehead atoms. The maximum atomic E-state index is 12.5. The average Bonchev–Trinajstić information content (AvgIpc) is 2.49. The van der Waals surface area contributed by atoms with Gasteiger partial charge in [0.2, 0.25) is 10.0 Å². The van der Waals surface area contributed by atoms with Crippen molar-refractivity contribution in [3.05, 3.63) is 64.7 Å². The van der Waals surface area contributed by atoms with Crippen LogP contribution in [0.3, 0.4) is 0 Å². The largest absolute Gasteiger partial charge is 0.243 e. The molecule has 0 spiro atoms. The zero-order valence-corrected chi connectivity index (χ0v) is 12.9. The van der Waals surface area contributed by atoms with E-state index in [1.54, 1.807) is 36.4 Å². The van der Waals surface area contributed by atoms with Gasteiger partial charge in [-0.25, -0.2) is 8.42 Å². The molecule has 0 aliphatic heterocycles. The average molecular weight is 321 g/mol. The van der Waals surface area contributed by atoms with E-state index in [2.05, 4.69) is 0 Å². The lowest BCUT2D eigenvalue weighted by Crippen LogP contribution is -2.26. The van der Waals surface area contributed by atoms with E-state index >= 15 is 0 Å². The first-order valence-corrected chi connectivity index (χ1v) is 7.97. The normalized spacial score (nSPS) is 11.3. The van der Waals surface area contributed by atoms with Crippen LogP contribution in [0.25, 0.3) is 0 Å². The first kappa shape index (κ1) is 15.5. The Morgan fingerprint density at radius 1 is 1.19 bits per heavy atom. The summed E-state index contributed by atoms with van der Waals surface area (Å²) in [6.07, 6.45) is 0. The molecule has 0 saturated carbocycles. The van der Waals surface area contributed by atoms with E-state index in [0.29, 0.717) is 10.6 Å². The first-order valence-electron chi connectivity index (χ1n) is 6.15. The summed E-state index contributed by atoms with van der Waals surface area (Å²) >= 11 is 6.05. The van der Waals surface area contributed by atoms with Crippen molar-refractivity contribution in [2.75, 3.05) is 7.05 Å². The van der Waals surface area contributed by atoms with Gasteiger partial charge >= 0.3 is 0 Å². The quantitative estimate of drug-likeness (QED) is 0.870. The van der Waals surface area contributed by atoms with Crippen molar-refractivity contribution in [1.82, 2.24) is 4.31 Å². The van der Waals surface area contributed by atoms with Crippen LogP contribution < -0.4 is 0 Å². The Morgan fingerprint density at radius 2 is 1.90 bits per heavy atom. The maximum absolute atomic E-state index is 12.5. The van der Waals surface area contributed by atoms with Gasteiger partial charge in [-0.3, -0.25) is 0 Å². The molecule has 0 saturated heterocycles. The van der Waals surface area contributed by atoms with Crippen LogP contribution in [0, 0.1) is 11.3 Å². The van der Waals surface area contributed by atoms with Gasteiger partial charge < -0.3 is 0 Å². The van der Waals surface area contributed by atoms with Crippen molar-refractivity contribution in [1.29, 1.82) is 5.26 Å². The van der Waals surface area contributed by atoms with E-state index in [1.807, 2.05) is 6.07 Å². The van der Waals surface area contributed by atoms with Gasteiger partial charge in [0.05, 0.1) is 16.5 Å². The van der Waals surface area contributed by atoms with Crippen LogP contribution in [-0.2, 0) is 16.6 Å². The lowest BCUT2D eigenvalue weighted by Gasteiger charge is -2.18. The lowest BCUT2D eigenvalue weighted by molar-refractivity contribution is 0.467. The van der Waals surface area contributed by atoms with Crippen LogP contribution in [0.15, 0.2) is 53.4 Å². The highest BCUT2D eigenvalue weighted by Gasteiger charge is 2.21. The number of nitriles is 1. The molecule has 6 heteroatoms. The number of hydrogen-bond acceptors (Lipinski definition) is 3. The molecule has 0 fully saturated rings. The second-order valence-electron chi connectivity index (χ2n) is 4.49. The van der Waals surface area contributed by atoms with Crippen LogP contribution in [-0.4, -0.2) is 19.8 Å². The van der Waals surface area contributed by atoms with Crippen LogP contribution in [0.4, 0.5) is 0 Å². The molecule has 0 aliphatic rings. The molecule has 0 heterocycles. The summed E-state index contributed by atoms with van der Waals surface area (Å²) in [5.74, 6) is 0. The molecule has 21 heavy (non-hydrogen) atoms. The predicted molar refractivity (Wildman–Crippen MR) is 81.3 cm³/mol. The van der Waals surface area contributed by atoms with Gasteiger partial charge in [0.1, 0.15) is 0 Å². The molecular formula is C15H13ClN2O2S. The molecule has 0 atom stereocenters. The number of benzene rings is 2. The van der Waals surface area contributed by atoms with E-state index in [-0.39, 0.29) is 11.4 Å². The molecule has 4 nitrogen and oxygen atoms in total. The highest BCUT2D eigenvalue weighted by atomic mass is 35.5. The third kappa shape index (κ3) is 3.42. The lowest BCUT2D eigenvalue weighted by atomic mass is 10.2. The van der Waals surface area contributed by atoms with E-state index in [9.17, 15) is 8.42 Å². The summed E-state index contributed by atoms with van der Waals surface area (Å²) in [4.78, 5) is 0.0936. The van der Waals surface area contributed by atoms with Crippen LogP contribution in [0.5, 0.6) is 0 Å². The summed E-state index contributed by atoms with van der Waals surface area (Å²) in [6.45, 7) is 0.165. The third-order valence-corrected chi connectivity index (χ3v) is 5.19. The number of halogens is 1. The van der Waals surface area contributed by atoms with E-state index in [0.717, 1.165) is 5.56 Å². The molecule has 0 unspecified atom stereocenters. The monoisotopic (exact) mass is 320 g/mol. The van der Waals surface area contributed by atoms with Gasteiger partial charge in [0.15, 0.2) is 0 Å². The Labute approximate surface area is 129 Å². The highest BCUT2D eigenvalue weighted by Crippen LogP contribution is 2.21. The summed E-state index contributed by atoms with van der Waals surface area (Å²) in [5.41, 5.74) is 1.03. The van der Waals surface area contributed by atoms with E-state index < -0.39 is 10.0 Å². The van der Waals surface area contributed by atoms with Crippen LogP contribution in [0.2, 0.25) is 5.02 Å². The van der Waals surface area contributed by atoms with Gasteiger partial charge in [-0.15, -0.1) is 0 Å². The standard InChI is InChI=1S/C15H13ClN2O2S/c1-18(11-13-6-2-3-8-15(13)16)21(19,20)14-7-4-5-12(9-14)10-17/h2-9H,11H2,1H3. The molecular weight excluding hydrogens is 308 g/mol. The number of hydrogen-bond donors (Lipinski definition) is 0. The summed E-state index contributed by atoms with van der Waals surface area (Å²) in [7, 11) is -2.18. The first-order chi connectivity index (χ1) is 9.95. The molecule has 2 aromatic rings. The van der Waals surface area contributed by atoms with Gasteiger partial charge in [0.25, 0.3) is 0 Å². The Hall–Kier alpha value is -1.87. The summed E-state index contributed by atoms with van der Waals surface area (Å²) < 4.78 is 26.2. The fraction of sp³-hybridized carbons (Fsp3) is 0.133. The fourth-order valence-corrected chi connectivity index (χ4v) is 3.25. The fourth-order valence-electron chi connectivity index (χ4n) is 1.86. The molecule has 0 amide bonds. The predicted octanol–water partition coefficient (Wildman–Crippen LogP) is 3.03. The molecule has 0 N–H and O–H groups in total. The number of sulfonamides is 1. The minimum atomic E-state index is -3.66. The minimum Gasteiger partial charge on any atom is -0.207 e. The molecule has 2 rings (SSSR count). The highest BCUT2D eigenvalue weighted by molar-refractivity contribution is 7.89. The Balaban J connectivity index is 2.31. The topological polar surface area (TPSA) is 61.2 Å². The van der Waals surface area contributed by atoms with Crippen molar-refractivity contribution in [3.63, 3.8) is 0 Å². The molecule has 0 radical (unpaired) electrons. The Bertz CT molecular complexity index is 797. The second-order valence-corrected chi connectivity index (χ2v) is 6.94. The van der Waals surface area contributed by atoms with Crippen LogP contribution in [0.1, 0.15) is 11.1 Å². The van der Waals surface area contributed by atoms with E-state index in [4.69, 9.17) is 16.9 Å². The second kappa shape index (κ2) is 6.27. The molecule has 0 aliphatic carbocycles. The van der Waals surface area contributed by atoms with Crippen molar-refractivity contribution in [2.45, 2.75) is 11.4 Å². The van der Waals surface area contributed by atoms with Gasteiger partial charge in [-0.05, 0) is 29.8 Å². The minimum absolute atomic E-state index is 0.0936. The van der Waals surface area contributed by atoms with Crippen LogP contribution >= 0.6 is 11.6 Å². The summed E-state index contributed by atoms with van der Waals surface area (Å²) in [5, 5.41) is 9.38. The molecule has 0 aromatic heterocycles. The van der Waals surface area contributed by atoms with E-state index in [1.165, 1.54) is 23.5 Å². The zero-order chi connectivity index (χ0) is 15.5. The van der Waals surface area contributed by atoms with Crippen molar-refractivity contribution >= 4 is 21.6 Å². The third-order valence-electron chi connectivity index (χ3n) is 3.02. The number of nitrogens with zero attached hydrogens (tertiary/aromatic N) is 2. The Morgan fingerprint density at radius 3 is 2.57 bits per heavy atom. The van der Waals surface area contributed by atoms with Crippen molar-refractivity contribution in [3.8, 4) is 6.07 Å². The van der Waals surface area contributed by atoms with Gasteiger partial charge in [0, 0.05) is 18.6 Å². The molecule has 2 aromatic carbocycles. The summed E-state index contributed by atoms with van der Waals surface area (Å²) in [6, 6.07) is 15.0. The zero-order valence-electron chi connectivity index (χ0n) is 11.3. The smallest absolute Gasteiger partial charge is 0.207 e. The van der Waals surface area contributed by atoms with Crippen molar-refractivity contribution < 1.29 is 8.42 Å². The SMILES string of the molecule is CN(Cc1ccccc1Cl)S(=O)(=O)c1cccc(C#N)c1. The van der Waals surface area contributed by atoms with Crippen molar-refractivity contribution in [2.24, 2.45) is 0 Å². The molecule has 108 valence electrons. The Kier molecular flexibility index (Phi) is 4.63. The number of rotatable bonds is 4. The maximum Gasteiger partial charge on any atom is 0.243 e. The van der Waals surface area contributed by atoms with Gasteiger partial charge in [-0.2, -0.15) is 9.57 Å². The van der Waals surface area contributed by atoms with Gasteiger partial charge in [-0.1, -0.05) is 35.9 Å².